The normalized spacial score (nSPS) is 28.2. The van der Waals surface area contributed by atoms with E-state index in [1.807, 2.05) is 13.8 Å². The molecule has 3 N–H and O–H groups in total. The molecule has 0 spiro atoms. The van der Waals surface area contributed by atoms with E-state index in [1.54, 1.807) is 6.07 Å². The van der Waals surface area contributed by atoms with E-state index < -0.39 is 11.6 Å². The van der Waals surface area contributed by atoms with Gasteiger partial charge in [-0.25, -0.2) is 8.78 Å². The molecule has 0 aliphatic carbocycles. The third kappa shape index (κ3) is 4.34. The van der Waals surface area contributed by atoms with Crippen LogP contribution in [0.1, 0.15) is 38.2 Å². The van der Waals surface area contributed by atoms with Crippen LogP contribution in [0.3, 0.4) is 0 Å². The summed E-state index contributed by atoms with van der Waals surface area (Å²) in [5.74, 6) is -1.35. The molecule has 0 aromatic heterocycles. The summed E-state index contributed by atoms with van der Waals surface area (Å²) < 4.78 is 26.4. The highest BCUT2D eigenvalue weighted by Crippen LogP contribution is 2.28. The van der Waals surface area contributed by atoms with E-state index in [9.17, 15) is 13.6 Å². The van der Waals surface area contributed by atoms with Gasteiger partial charge in [0.25, 0.3) is 0 Å². The molecule has 2 aliphatic heterocycles. The molecule has 1 amide bonds. The Balaban J connectivity index is 1.47. The molecule has 2 heterocycles. The lowest BCUT2D eigenvalue weighted by atomic mass is 9.89. The molecule has 2 unspecified atom stereocenters. The summed E-state index contributed by atoms with van der Waals surface area (Å²) in [5.41, 5.74) is 7.09. The minimum Gasteiger partial charge on any atom is -0.349 e. The van der Waals surface area contributed by atoms with Gasteiger partial charge in [0, 0.05) is 12.1 Å². The predicted octanol–water partition coefficient (Wildman–Crippen LogP) is 1.51. The monoisotopic (exact) mass is 352 g/mol. The van der Waals surface area contributed by atoms with Crippen molar-refractivity contribution in [3.05, 3.63) is 35.4 Å². The maximum Gasteiger partial charge on any atom is 0.234 e. The Hall–Kier alpha value is -1.57. The summed E-state index contributed by atoms with van der Waals surface area (Å²) >= 11 is 0. The Bertz CT molecular complexity index is 609. The zero-order valence-corrected chi connectivity index (χ0v) is 14.7. The zero-order valence-electron chi connectivity index (χ0n) is 14.7. The van der Waals surface area contributed by atoms with Crippen molar-refractivity contribution in [2.45, 2.75) is 50.7 Å². The molecule has 2 atom stereocenters. The van der Waals surface area contributed by atoms with Crippen LogP contribution in [0.2, 0.25) is 0 Å². The lowest BCUT2D eigenvalue weighted by Gasteiger charge is -2.32. The molecule has 2 aliphatic rings. The summed E-state index contributed by atoms with van der Waals surface area (Å²) in [7, 11) is 0. The molecule has 1 aromatic rings. The predicted molar refractivity (Wildman–Crippen MR) is 91.9 cm³/mol. The average molecular weight is 352 g/mol. The summed E-state index contributed by atoms with van der Waals surface area (Å²) in [6.45, 7) is 6.01. The number of amides is 1. The number of halogens is 2. The van der Waals surface area contributed by atoms with Crippen molar-refractivity contribution in [2.75, 3.05) is 19.6 Å². The van der Waals surface area contributed by atoms with Crippen molar-refractivity contribution in [2.24, 2.45) is 0 Å². The van der Waals surface area contributed by atoms with Crippen LogP contribution in [0.25, 0.3) is 0 Å². The standard InChI is InChI=1S/C18H26F2N4O/c1-11-18(12(2)23-22-11)21-17(25)10-24-7-5-13(6-8-24)14-3-4-15(19)16(20)9-14/h3-4,9,11-13,18,22-23H,5-8,10H2,1-2H3,(H,21,25). The van der Waals surface area contributed by atoms with Crippen LogP contribution in [-0.4, -0.2) is 48.6 Å². The largest absolute Gasteiger partial charge is 0.349 e. The lowest BCUT2D eigenvalue weighted by Crippen LogP contribution is -2.50. The molecule has 3 rings (SSSR count). The number of hydrogen-bond donors (Lipinski definition) is 3. The van der Waals surface area contributed by atoms with Crippen LogP contribution in [-0.2, 0) is 4.79 Å². The van der Waals surface area contributed by atoms with Crippen LogP contribution < -0.4 is 16.2 Å². The van der Waals surface area contributed by atoms with E-state index in [0.29, 0.717) is 6.54 Å². The molecule has 25 heavy (non-hydrogen) atoms. The van der Waals surface area contributed by atoms with Gasteiger partial charge >= 0.3 is 0 Å². The first-order valence-corrected chi connectivity index (χ1v) is 8.91. The number of carbonyl (C=O) groups is 1. The van der Waals surface area contributed by atoms with Gasteiger partial charge in [0.15, 0.2) is 11.6 Å². The zero-order chi connectivity index (χ0) is 18.0. The molecule has 7 heteroatoms. The maximum absolute atomic E-state index is 13.4. The number of nitrogens with zero attached hydrogens (tertiary/aromatic N) is 1. The third-order valence-corrected chi connectivity index (χ3v) is 5.31. The van der Waals surface area contributed by atoms with E-state index in [-0.39, 0.29) is 30.0 Å². The minimum atomic E-state index is -0.808. The van der Waals surface area contributed by atoms with E-state index in [2.05, 4.69) is 21.1 Å². The molecule has 2 fully saturated rings. The van der Waals surface area contributed by atoms with Gasteiger partial charge in [-0.3, -0.25) is 20.5 Å². The molecular formula is C18H26F2N4O. The smallest absolute Gasteiger partial charge is 0.234 e. The van der Waals surface area contributed by atoms with Crippen LogP contribution in [0, 0.1) is 11.6 Å². The fourth-order valence-electron chi connectivity index (χ4n) is 3.75. The molecule has 138 valence electrons. The van der Waals surface area contributed by atoms with Gasteiger partial charge < -0.3 is 5.32 Å². The fourth-order valence-corrected chi connectivity index (χ4v) is 3.75. The molecular weight excluding hydrogens is 326 g/mol. The van der Waals surface area contributed by atoms with Crippen LogP contribution in [0.4, 0.5) is 8.78 Å². The van der Waals surface area contributed by atoms with Gasteiger partial charge in [-0.15, -0.1) is 0 Å². The van der Waals surface area contributed by atoms with E-state index in [0.717, 1.165) is 31.5 Å². The van der Waals surface area contributed by atoms with Crippen molar-refractivity contribution in [1.29, 1.82) is 0 Å². The summed E-state index contributed by atoms with van der Waals surface area (Å²) in [4.78, 5) is 14.4. The van der Waals surface area contributed by atoms with Crippen LogP contribution in [0.5, 0.6) is 0 Å². The second-order valence-corrected chi connectivity index (χ2v) is 7.18. The first kappa shape index (κ1) is 18.2. The van der Waals surface area contributed by atoms with E-state index >= 15 is 0 Å². The topological polar surface area (TPSA) is 56.4 Å². The number of rotatable bonds is 4. The SMILES string of the molecule is CC1NNC(C)C1NC(=O)CN1CCC(c2ccc(F)c(F)c2)CC1. The minimum absolute atomic E-state index is 0.0282. The number of benzene rings is 1. The number of nitrogens with one attached hydrogen (secondary N) is 3. The number of hydrogen-bond acceptors (Lipinski definition) is 4. The van der Waals surface area contributed by atoms with Crippen molar-refractivity contribution < 1.29 is 13.6 Å². The number of hydrazine groups is 1. The third-order valence-electron chi connectivity index (χ3n) is 5.31. The first-order valence-electron chi connectivity index (χ1n) is 8.91. The molecule has 0 bridgehead atoms. The van der Waals surface area contributed by atoms with Crippen LogP contribution in [0.15, 0.2) is 18.2 Å². The lowest BCUT2D eigenvalue weighted by molar-refractivity contribution is -0.123. The van der Waals surface area contributed by atoms with Crippen molar-refractivity contribution in [1.82, 2.24) is 21.1 Å². The quantitative estimate of drug-likeness (QED) is 0.769. The molecule has 0 saturated carbocycles. The summed E-state index contributed by atoms with van der Waals surface area (Å²) in [6.07, 6.45) is 1.69. The Labute approximate surface area is 147 Å². The van der Waals surface area contributed by atoms with Crippen molar-refractivity contribution in [3.63, 3.8) is 0 Å². The van der Waals surface area contributed by atoms with E-state index in [4.69, 9.17) is 0 Å². The molecule has 2 saturated heterocycles. The Morgan fingerprint density at radius 3 is 2.40 bits per heavy atom. The first-order chi connectivity index (χ1) is 11.9. The Morgan fingerprint density at radius 2 is 1.80 bits per heavy atom. The maximum atomic E-state index is 13.4. The highest BCUT2D eigenvalue weighted by Gasteiger charge is 2.31. The summed E-state index contributed by atoms with van der Waals surface area (Å²) in [6, 6.07) is 4.61. The molecule has 5 nitrogen and oxygen atoms in total. The van der Waals surface area contributed by atoms with Gasteiger partial charge in [-0.2, -0.15) is 0 Å². The van der Waals surface area contributed by atoms with Crippen LogP contribution >= 0.6 is 0 Å². The van der Waals surface area contributed by atoms with Crippen molar-refractivity contribution >= 4 is 5.91 Å². The second-order valence-electron chi connectivity index (χ2n) is 7.18. The number of likely N-dealkylation sites (tertiary alicyclic amines) is 1. The van der Waals surface area contributed by atoms with Gasteiger partial charge in [0.05, 0.1) is 12.6 Å². The van der Waals surface area contributed by atoms with Crippen molar-refractivity contribution in [3.8, 4) is 0 Å². The summed E-state index contributed by atoms with van der Waals surface area (Å²) in [5, 5.41) is 3.09. The Kier molecular flexibility index (Phi) is 5.66. The highest BCUT2D eigenvalue weighted by atomic mass is 19.2. The van der Waals surface area contributed by atoms with Gasteiger partial charge in [-0.1, -0.05) is 6.07 Å². The fraction of sp³-hybridized carbons (Fsp3) is 0.611. The van der Waals surface area contributed by atoms with Gasteiger partial charge in [0.1, 0.15) is 0 Å². The molecule has 1 aromatic carbocycles. The molecule has 0 radical (unpaired) electrons. The second kappa shape index (κ2) is 7.76. The highest BCUT2D eigenvalue weighted by molar-refractivity contribution is 5.78. The van der Waals surface area contributed by atoms with Gasteiger partial charge in [0.2, 0.25) is 5.91 Å². The number of carbonyl (C=O) groups excluding carboxylic acids is 1. The Morgan fingerprint density at radius 1 is 1.16 bits per heavy atom. The van der Waals surface area contributed by atoms with E-state index in [1.165, 1.54) is 12.1 Å². The number of piperidine rings is 1. The van der Waals surface area contributed by atoms with Gasteiger partial charge in [-0.05, 0) is 63.4 Å². The average Bonchev–Trinajstić information content (AvgIpc) is 2.90.